The van der Waals surface area contributed by atoms with Crippen LogP contribution in [0.25, 0.3) is 32.7 Å². The molecular weight excluding hydrogens is 727 g/mol. The van der Waals surface area contributed by atoms with Crippen molar-refractivity contribution in [2.45, 2.75) is 33.5 Å². The van der Waals surface area contributed by atoms with E-state index >= 15 is 0 Å². The SMILES string of the molecule is CC1=[C-]C(C)C=C1c1ccc2ccccc2c1.CC1=[C-]C(C)C=C1c1ccc2ccccc2c1.[CH3][Ge](=[Zr+2])[c]1ccccc1.[Cl-].[Cl-]. The van der Waals surface area contributed by atoms with Gasteiger partial charge in [-0.15, -0.1) is 0 Å². The van der Waals surface area contributed by atoms with E-state index in [-0.39, 0.29) is 24.8 Å². The Morgan fingerprint density at radius 3 is 1.24 bits per heavy atom. The van der Waals surface area contributed by atoms with E-state index in [2.05, 4.69) is 173 Å². The number of benzene rings is 5. The van der Waals surface area contributed by atoms with Crippen molar-refractivity contribution in [1.82, 2.24) is 0 Å². The van der Waals surface area contributed by atoms with Crippen LogP contribution in [-0.4, -0.2) is 9.98 Å². The van der Waals surface area contributed by atoms with Gasteiger partial charge in [0.1, 0.15) is 0 Å². The predicted molar refractivity (Wildman–Crippen MR) is 185 cm³/mol. The Balaban J connectivity index is 0.000000189. The Hall–Kier alpha value is -2.41. The van der Waals surface area contributed by atoms with Gasteiger partial charge >= 0.3 is 72.1 Å². The van der Waals surface area contributed by atoms with E-state index in [1.165, 1.54) is 55.0 Å². The summed E-state index contributed by atoms with van der Waals surface area (Å²) in [5, 5.41) is 5.21. The van der Waals surface area contributed by atoms with Crippen molar-refractivity contribution in [2.75, 3.05) is 0 Å². The molecule has 0 bridgehead atoms. The molecule has 7 rings (SSSR count). The minimum atomic E-state index is -0.676. The van der Waals surface area contributed by atoms with Gasteiger partial charge < -0.3 is 24.8 Å². The molecule has 45 heavy (non-hydrogen) atoms. The first-order chi connectivity index (χ1) is 20.8. The minimum Gasteiger partial charge on any atom is -1.00 e. The van der Waals surface area contributed by atoms with Gasteiger partial charge in [-0.05, 0) is 21.5 Å². The minimum absolute atomic E-state index is 0. The number of hydrogen-bond donors (Lipinski definition) is 0. The van der Waals surface area contributed by atoms with E-state index in [1.807, 2.05) is 0 Å². The Morgan fingerprint density at radius 2 is 0.911 bits per heavy atom. The van der Waals surface area contributed by atoms with E-state index < -0.39 is 9.98 Å². The average molecular weight is 765 g/mol. The van der Waals surface area contributed by atoms with Crippen molar-refractivity contribution < 1.29 is 46.4 Å². The molecule has 226 valence electrons. The van der Waals surface area contributed by atoms with Gasteiger partial charge in [-0.1, -0.05) is 136 Å². The molecule has 2 aliphatic carbocycles. The molecule has 0 N–H and O–H groups in total. The zero-order chi connectivity index (χ0) is 30.3. The van der Waals surface area contributed by atoms with Crippen molar-refractivity contribution in [3.8, 4) is 0 Å². The van der Waals surface area contributed by atoms with Crippen LogP contribution in [0.4, 0.5) is 0 Å². The Kier molecular flexibility index (Phi) is 14.4. The zero-order valence-corrected chi connectivity index (χ0v) is 32.6. The van der Waals surface area contributed by atoms with Gasteiger partial charge in [0.05, 0.1) is 0 Å². The molecule has 4 heteroatoms. The van der Waals surface area contributed by atoms with Crippen LogP contribution in [0.2, 0.25) is 5.76 Å². The van der Waals surface area contributed by atoms with Crippen LogP contribution < -0.4 is 29.2 Å². The van der Waals surface area contributed by atoms with E-state index in [0.717, 1.165) is 0 Å². The molecule has 0 fully saturated rings. The average Bonchev–Trinajstić information content (AvgIpc) is 3.56. The maximum absolute atomic E-state index is 3.44. The Morgan fingerprint density at radius 1 is 0.533 bits per heavy atom. The van der Waals surface area contributed by atoms with Gasteiger partial charge in [-0.3, -0.25) is 12.2 Å². The molecule has 2 atom stereocenters. The van der Waals surface area contributed by atoms with Crippen molar-refractivity contribution in [1.29, 1.82) is 0 Å². The first-order valence-corrected chi connectivity index (χ1v) is 25.6. The quantitative estimate of drug-likeness (QED) is 0.190. The summed E-state index contributed by atoms with van der Waals surface area (Å²) in [6.45, 7) is 8.64. The number of hydrogen-bond acceptors (Lipinski definition) is 0. The topological polar surface area (TPSA) is 0 Å². The van der Waals surface area contributed by atoms with Crippen molar-refractivity contribution in [3.05, 3.63) is 162 Å². The normalized spacial score (nSPS) is 16.4. The van der Waals surface area contributed by atoms with Gasteiger partial charge in [0, 0.05) is 0 Å². The standard InChI is InChI=1S/2C17H15.C7H8Ge.2ClH.Zr/c2*1-12-9-13(2)17(10-12)16-8-7-14-5-3-4-6-15(14)11-16;1-8-7-5-3-2-4-6-7;;;/h2*3-8,10-12H,1-2H3;2-6H,1H3;2*1H;/q2*-1;;;;+2/p-2. The van der Waals surface area contributed by atoms with E-state index in [9.17, 15) is 0 Å². The first-order valence-electron chi connectivity index (χ1n) is 15.0. The Labute approximate surface area is 298 Å². The second-order valence-electron chi connectivity index (χ2n) is 11.4. The third-order valence-electron chi connectivity index (χ3n) is 7.86. The predicted octanol–water partition coefficient (Wildman–Crippen LogP) is 4.31. The molecular formula is C41H38Cl2GeZr-2. The summed E-state index contributed by atoms with van der Waals surface area (Å²) in [6, 6.07) is 41.2. The molecule has 2 unspecified atom stereocenters. The van der Waals surface area contributed by atoms with Crippen LogP contribution in [0, 0.1) is 24.0 Å². The van der Waals surface area contributed by atoms with Crippen LogP contribution in [0.5, 0.6) is 0 Å². The molecule has 0 aromatic heterocycles. The fourth-order valence-electron chi connectivity index (χ4n) is 5.70. The number of rotatable bonds is 3. The third kappa shape index (κ3) is 9.79. The molecule has 0 saturated carbocycles. The number of fused-ring (bicyclic) bond motifs is 2. The summed E-state index contributed by atoms with van der Waals surface area (Å²) >= 11 is 1.76. The molecule has 5 aromatic carbocycles. The smallest absolute Gasteiger partial charge is 1.00 e. The molecule has 0 radical (unpaired) electrons. The zero-order valence-electron chi connectivity index (χ0n) is 26.5. The van der Waals surface area contributed by atoms with Gasteiger partial charge in [-0.25, -0.2) is 11.1 Å². The van der Waals surface area contributed by atoms with Gasteiger partial charge in [-0.2, -0.15) is 23.3 Å². The van der Waals surface area contributed by atoms with Gasteiger partial charge in [0.25, 0.3) is 0 Å². The van der Waals surface area contributed by atoms with Crippen molar-refractivity contribution >= 4 is 47.1 Å². The summed E-state index contributed by atoms with van der Waals surface area (Å²) in [5.74, 6) is 3.29. The summed E-state index contributed by atoms with van der Waals surface area (Å²) in [4.78, 5) is 0. The maximum atomic E-state index is 3.44. The first kappa shape index (κ1) is 37.0. The monoisotopic (exact) mass is 764 g/mol. The molecule has 0 amide bonds. The summed E-state index contributed by atoms with van der Waals surface area (Å²) < 4.78 is 1.62. The maximum Gasteiger partial charge on any atom is -1.00 e. The molecule has 5 aromatic rings. The van der Waals surface area contributed by atoms with Crippen LogP contribution in [-0.2, 0) is 21.6 Å². The molecule has 0 saturated heterocycles. The third-order valence-corrected chi connectivity index (χ3v) is 14.1. The second-order valence-corrected chi connectivity index (χ2v) is 24.8. The second kappa shape index (κ2) is 17.5. The van der Waals surface area contributed by atoms with E-state index in [1.54, 1.807) is 26.0 Å². The molecule has 0 nitrogen and oxygen atoms in total. The Bertz CT molecular complexity index is 1780. The summed E-state index contributed by atoms with van der Waals surface area (Å²) in [6.07, 6.45) is 11.5. The number of halogens is 2. The van der Waals surface area contributed by atoms with Crippen LogP contribution in [0.3, 0.4) is 0 Å². The van der Waals surface area contributed by atoms with Crippen LogP contribution in [0.15, 0.2) is 139 Å². The molecule has 0 aliphatic heterocycles. The number of allylic oxidation sites excluding steroid dienone is 8. The largest absolute Gasteiger partial charge is 1.00 e. The molecule has 0 spiro atoms. The van der Waals surface area contributed by atoms with Crippen molar-refractivity contribution in [2.24, 2.45) is 11.8 Å². The molecule has 2 aliphatic rings. The van der Waals surface area contributed by atoms with Crippen LogP contribution >= 0.6 is 0 Å². The summed E-state index contributed by atoms with van der Waals surface area (Å²) in [5.41, 5.74) is 7.82. The fraction of sp³-hybridized carbons (Fsp3) is 0.171. The van der Waals surface area contributed by atoms with Crippen LogP contribution in [0.1, 0.15) is 38.8 Å². The van der Waals surface area contributed by atoms with E-state index in [0.29, 0.717) is 11.8 Å². The van der Waals surface area contributed by atoms with Gasteiger partial charge in [0.2, 0.25) is 0 Å². The van der Waals surface area contributed by atoms with Gasteiger partial charge in [0.15, 0.2) is 0 Å². The van der Waals surface area contributed by atoms with E-state index in [4.69, 9.17) is 0 Å². The summed E-state index contributed by atoms with van der Waals surface area (Å²) in [7, 11) is -0.676. The molecule has 0 heterocycles. The fourth-order valence-corrected chi connectivity index (χ4v) is 9.28. The van der Waals surface area contributed by atoms with Crippen molar-refractivity contribution in [3.63, 3.8) is 0 Å².